The molecule has 3 aromatic rings. The molecule has 0 aliphatic carbocycles. The minimum absolute atomic E-state index is 0.0655. The lowest BCUT2D eigenvalue weighted by molar-refractivity contribution is -0.168. The van der Waals surface area contributed by atoms with E-state index in [0.717, 1.165) is 19.4 Å². The second-order valence-electron chi connectivity index (χ2n) is 6.76. The number of hydrogen-bond donors (Lipinski definition) is 0. The summed E-state index contributed by atoms with van der Waals surface area (Å²) in [5.74, 6) is 0. The Balaban J connectivity index is 1.64. The number of hydrogen-bond acceptors (Lipinski definition) is 2. The first-order valence-corrected chi connectivity index (χ1v) is 9.36. The third-order valence-electron chi connectivity index (χ3n) is 4.78. The molecule has 1 heterocycles. The third-order valence-corrected chi connectivity index (χ3v) is 4.78. The summed E-state index contributed by atoms with van der Waals surface area (Å²) in [4.78, 5) is 0. The highest BCUT2D eigenvalue weighted by Crippen LogP contribution is 2.29. The molecule has 26 heavy (non-hydrogen) atoms. The van der Waals surface area contributed by atoms with Crippen molar-refractivity contribution < 1.29 is 9.47 Å². The van der Waals surface area contributed by atoms with Crippen LogP contribution in [0.15, 0.2) is 78.9 Å². The summed E-state index contributed by atoms with van der Waals surface area (Å²) in [5, 5.41) is 0. The van der Waals surface area contributed by atoms with E-state index in [9.17, 15) is 0 Å². The van der Waals surface area contributed by atoms with Crippen molar-refractivity contribution in [1.29, 1.82) is 0 Å². The highest BCUT2D eigenvalue weighted by Gasteiger charge is 2.14. The number of ether oxygens (including phenoxy) is 2. The zero-order valence-corrected chi connectivity index (χ0v) is 14.9. The van der Waals surface area contributed by atoms with Gasteiger partial charge in [0.1, 0.15) is 0 Å². The number of rotatable bonds is 5. The first kappa shape index (κ1) is 17.0. The van der Waals surface area contributed by atoms with Crippen molar-refractivity contribution in [3.05, 3.63) is 84.4 Å². The molecule has 1 aliphatic heterocycles. The first-order valence-electron chi connectivity index (χ1n) is 9.36. The van der Waals surface area contributed by atoms with Gasteiger partial charge in [0.05, 0.1) is 6.61 Å². The van der Waals surface area contributed by atoms with Gasteiger partial charge in [0, 0.05) is 6.61 Å². The predicted molar refractivity (Wildman–Crippen MR) is 106 cm³/mol. The van der Waals surface area contributed by atoms with Crippen molar-refractivity contribution in [2.75, 3.05) is 6.61 Å². The van der Waals surface area contributed by atoms with E-state index in [1.807, 2.05) is 0 Å². The highest BCUT2D eigenvalue weighted by atomic mass is 16.7. The number of benzene rings is 3. The van der Waals surface area contributed by atoms with Gasteiger partial charge >= 0.3 is 0 Å². The summed E-state index contributed by atoms with van der Waals surface area (Å²) in [6.45, 7) is 1.38. The van der Waals surface area contributed by atoms with Crippen LogP contribution in [0.25, 0.3) is 22.3 Å². The van der Waals surface area contributed by atoms with E-state index in [0.29, 0.717) is 6.61 Å². The monoisotopic (exact) mass is 344 g/mol. The summed E-state index contributed by atoms with van der Waals surface area (Å²) >= 11 is 0. The van der Waals surface area contributed by atoms with Crippen molar-refractivity contribution in [2.45, 2.75) is 32.2 Å². The maximum Gasteiger partial charge on any atom is 0.158 e. The fraction of sp³-hybridized carbons (Fsp3) is 0.250. The fourth-order valence-electron chi connectivity index (χ4n) is 3.40. The maximum absolute atomic E-state index is 6.03. The second-order valence-corrected chi connectivity index (χ2v) is 6.76. The normalized spacial score (nSPS) is 17.2. The van der Waals surface area contributed by atoms with Crippen LogP contribution < -0.4 is 0 Å². The molecule has 132 valence electrons. The Bertz CT molecular complexity index is 764. The van der Waals surface area contributed by atoms with E-state index < -0.39 is 0 Å². The molecule has 1 fully saturated rings. The van der Waals surface area contributed by atoms with E-state index in [4.69, 9.17) is 9.47 Å². The zero-order valence-electron chi connectivity index (χ0n) is 14.9. The molecule has 0 saturated carbocycles. The van der Waals surface area contributed by atoms with Gasteiger partial charge in [0.2, 0.25) is 0 Å². The van der Waals surface area contributed by atoms with Crippen LogP contribution in [-0.4, -0.2) is 12.9 Å². The average Bonchev–Trinajstić information content (AvgIpc) is 2.74. The van der Waals surface area contributed by atoms with Gasteiger partial charge in [-0.2, -0.15) is 0 Å². The lowest BCUT2D eigenvalue weighted by Gasteiger charge is -2.23. The molecule has 3 aromatic carbocycles. The Kier molecular flexibility index (Phi) is 5.44. The quantitative estimate of drug-likeness (QED) is 0.560. The molecule has 2 nitrogen and oxygen atoms in total. The van der Waals surface area contributed by atoms with Crippen LogP contribution in [0.1, 0.15) is 24.8 Å². The zero-order chi connectivity index (χ0) is 17.6. The van der Waals surface area contributed by atoms with Crippen molar-refractivity contribution in [3.8, 4) is 22.3 Å². The molecule has 0 aromatic heterocycles. The maximum atomic E-state index is 6.03. The molecule has 4 rings (SSSR count). The van der Waals surface area contributed by atoms with Crippen LogP contribution in [-0.2, 0) is 16.1 Å². The molecule has 1 atom stereocenters. The topological polar surface area (TPSA) is 18.5 Å². The van der Waals surface area contributed by atoms with Gasteiger partial charge in [-0.05, 0) is 65.3 Å². The summed E-state index contributed by atoms with van der Waals surface area (Å²) in [5.41, 5.74) is 6.06. The van der Waals surface area contributed by atoms with Crippen molar-refractivity contribution in [3.63, 3.8) is 0 Å². The van der Waals surface area contributed by atoms with Crippen LogP contribution in [0, 0.1) is 0 Å². The van der Waals surface area contributed by atoms with E-state index in [1.54, 1.807) is 0 Å². The van der Waals surface area contributed by atoms with Gasteiger partial charge in [-0.25, -0.2) is 0 Å². The molecular weight excluding hydrogens is 320 g/mol. The third kappa shape index (κ3) is 4.21. The minimum atomic E-state index is -0.0655. The standard InChI is InChI=1S/C24H24O2/c1-3-9-20(10-4-1)22-15-19(18-26-24-13-7-8-14-25-24)16-23(17-22)21-11-5-2-6-12-21/h1-6,9-12,15-17,24H,7-8,13-14,18H2. The fourth-order valence-corrected chi connectivity index (χ4v) is 3.40. The summed E-state index contributed by atoms with van der Waals surface area (Å²) < 4.78 is 11.7. The van der Waals surface area contributed by atoms with Crippen molar-refractivity contribution in [2.24, 2.45) is 0 Å². The Labute approximate surface area is 155 Å². The van der Waals surface area contributed by atoms with Gasteiger partial charge in [0.15, 0.2) is 6.29 Å². The summed E-state index contributed by atoms with van der Waals surface area (Å²) in [6, 6.07) is 27.7. The SMILES string of the molecule is c1ccc(-c2cc(COC3CCCCO3)cc(-c3ccccc3)c2)cc1. The molecule has 0 bridgehead atoms. The molecular formula is C24H24O2. The van der Waals surface area contributed by atoms with E-state index in [1.165, 1.54) is 34.2 Å². The molecule has 0 radical (unpaired) electrons. The molecule has 1 unspecified atom stereocenters. The minimum Gasteiger partial charge on any atom is -0.353 e. The molecule has 1 saturated heterocycles. The molecule has 0 spiro atoms. The molecule has 0 N–H and O–H groups in total. The van der Waals surface area contributed by atoms with Gasteiger partial charge in [-0.15, -0.1) is 0 Å². The molecule has 0 amide bonds. The van der Waals surface area contributed by atoms with Crippen LogP contribution >= 0.6 is 0 Å². The largest absolute Gasteiger partial charge is 0.353 e. The van der Waals surface area contributed by atoms with Crippen LogP contribution in [0.5, 0.6) is 0 Å². The van der Waals surface area contributed by atoms with E-state index in [-0.39, 0.29) is 6.29 Å². The van der Waals surface area contributed by atoms with E-state index >= 15 is 0 Å². The van der Waals surface area contributed by atoms with Gasteiger partial charge < -0.3 is 9.47 Å². The predicted octanol–water partition coefficient (Wildman–Crippen LogP) is 6.06. The smallest absolute Gasteiger partial charge is 0.158 e. The van der Waals surface area contributed by atoms with Crippen LogP contribution in [0.3, 0.4) is 0 Å². The summed E-state index contributed by atoms with van der Waals surface area (Å²) in [6.07, 6.45) is 3.25. The first-order chi connectivity index (χ1) is 12.9. The highest BCUT2D eigenvalue weighted by molar-refractivity contribution is 5.74. The Morgan fingerprint density at radius 1 is 0.731 bits per heavy atom. The van der Waals surface area contributed by atoms with Crippen LogP contribution in [0.2, 0.25) is 0 Å². The van der Waals surface area contributed by atoms with Gasteiger partial charge in [-0.1, -0.05) is 60.7 Å². The Morgan fingerprint density at radius 3 is 1.88 bits per heavy atom. The lowest BCUT2D eigenvalue weighted by atomic mass is 9.96. The second kappa shape index (κ2) is 8.31. The van der Waals surface area contributed by atoms with Gasteiger partial charge in [0.25, 0.3) is 0 Å². The molecule has 1 aliphatic rings. The Morgan fingerprint density at radius 2 is 1.35 bits per heavy atom. The average molecular weight is 344 g/mol. The molecule has 2 heteroatoms. The lowest BCUT2D eigenvalue weighted by Crippen LogP contribution is -2.22. The van der Waals surface area contributed by atoms with Crippen molar-refractivity contribution >= 4 is 0 Å². The Hall–Kier alpha value is -2.42. The van der Waals surface area contributed by atoms with E-state index in [2.05, 4.69) is 78.9 Å². The summed E-state index contributed by atoms with van der Waals surface area (Å²) in [7, 11) is 0. The van der Waals surface area contributed by atoms with Crippen LogP contribution in [0.4, 0.5) is 0 Å². The van der Waals surface area contributed by atoms with Crippen molar-refractivity contribution in [1.82, 2.24) is 0 Å². The van der Waals surface area contributed by atoms with Gasteiger partial charge in [-0.3, -0.25) is 0 Å².